The molecule has 0 amide bonds. The molecule has 4 rings (SSSR count). The molecule has 0 spiro atoms. The average Bonchev–Trinajstić information content (AvgIpc) is 3.19. The van der Waals surface area contributed by atoms with Crippen molar-refractivity contribution in [2.75, 3.05) is 4.90 Å². The first kappa shape index (κ1) is 14.7. The summed E-state index contributed by atoms with van der Waals surface area (Å²) in [6, 6.07) is 31.9. The molecule has 0 aliphatic carbocycles. The van der Waals surface area contributed by atoms with Gasteiger partial charge in [-0.2, -0.15) is 11.3 Å². The van der Waals surface area contributed by atoms with Gasteiger partial charge in [0.2, 0.25) is 0 Å². The Balaban J connectivity index is 1.77. The first-order valence-corrected chi connectivity index (χ1v) is 8.89. The molecule has 3 aromatic carbocycles. The lowest BCUT2D eigenvalue weighted by molar-refractivity contribution is 1.28. The molecular formula is C22H17NS. The standard InChI is InChI=1S/C22H17NS/c1-3-7-20(8-4-1)23(21-9-5-2-6-10-21)22-13-11-18(12-14-22)19-15-16-24-17-19/h1-17H. The van der Waals surface area contributed by atoms with Crippen LogP contribution in [0.4, 0.5) is 17.1 Å². The Morgan fingerprint density at radius 2 is 1.04 bits per heavy atom. The SMILES string of the molecule is c1ccc(N(c2ccccc2)c2ccc(-c3ccsc3)cc2)cc1. The number of rotatable bonds is 4. The summed E-state index contributed by atoms with van der Waals surface area (Å²) < 4.78 is 0. The van der Waals surface area contributed by atoms with Crippen LogP contribution in [-0.2, 0) is 0 Å². The van der Waals surface area contributed by atoms with E-state index in [4.69, 9.17) is 0 Å². The third-order valence-corrected chi connectivity index (χ3v) is 4.69. The molecule has 0 fully saturated rings. The smallest absolute Gasteiger partial charge is 0.0462 e. The third-order valence-electron chi connectivity index (χ3n) is 4.01. The molecule has 4 aromatic rings. The summed E-state index contributed by atoms with van der Waals surface area (Å²) in [5, 5.41) is 4.30. The Kier molecular flexibility index (Phi) is 4.13. The largest absolute Gasteiger partial charge is 0.311 e. The van der Waals surface area contributed by atoms with Crippen molar-refractivity contribution in [2.45, 2.75) is 0 Å². The van der Waals surface area contributed by atoms with E-state index in [1.54, 1.807) is 11.3 Å². The fraction of sp³-hybridized carbons (Fsp3) is 0. The predicted octanol–water partition coefficient (Wildman–Crippen LogP) is 6.88. The van der Waals surface area contributed by atoms with E-state index in [2.05, 4.69) is 94.5 Å². The molecule has 24 heavy (non-hydrogen) atoms. The van der Waals surface area contributed by atoms with Gasteiger partial charge in [-0.15, -0.1) is 0 Å². The number of hydrogen-bond donors (Lipinski definition) is 0. The van der Waals surface area contributed by atoms with Crippen molar-refractivity contribution in [2.24, 2.45) is 0 Å². The van der Waals surface area contributed by atoms with Gasteiger partial charge in [0.15, 0.2) is 0 Å². The second-order valence-corrected chi connectivity index (χ2v) is 6.35. The fourth-order valence-corrected chi connectivity index (χ4v) is 3.50. The number of nitrogens with zero attached hydrogens (tertiary/aromatic N) is 1. The van der Waals surface area contributed by atoms with Crippen LogP contribution >= 0.6 is 11.3 Å². The molecule has 0 aliphatic heterocycles. The van der Waals surface area contributed by atoms with Gasteiger partial charge >= 0.3 is 0 Å². The van der Waals surface area contributed by atoms with Crippen LogP contribution in [-0.4, -0.2) is 0 Å². The van der Waals surface area contributed by atoms with E-state index in [-0.39, 0.29) is 0 Å². The van der Waals surface area contributed by atoms with Crippen molar-refractivity contribution in [1.82, 2.24) is 0 Å². The maximum atomic E-state index is 2.28. The topological polar surface area (TPSA) is 3.24 Å². The highest BCUT2D eigenvalue weighted by molar-refractivity contribution is 7.08. The Morgan fingerprint density at radius 1 is 0.500 bits per heavy atom. The zero-order valence-corrected chi connectivity index (χ0v) is 14.0. The molecule has 0 radical (unpaired) electrons. The molecule has 116 valence electrons. The Bertz CT molecular complexity index is 842. The van der Waals surface area contributed by atoms with Crippen LogP contribution in [0.1, 0.15) is 0 Å². The van der Waals surface area contributed by atoms with E-state index in [1.807, 2.05) is 12.1 Å². The van der Waals surface area contributed by atoms with Gasteiger partial charge in [-0.1, -0.05) is 48.5 Å². The zero-order chi connectivity index (χ0) is 16.2. The Morgan fingerprint density at radius 3 is 1.54 bits per heavy atom. The van der Waals surface area contributed by atoms with Crippen molar-refractivity contribution in [1.29, 1.82) is 0 Å². The van der Waals surface area contributed by atoms with Crippen LogP contribution in [0.3, 0.4) is 0 Å². The van der Waals surface area contributed by atoms with Gasteiger partial charge in [0, 0.05) is 17.1 Å². The monoisotopic (exact) mass is 327 g/mol. The van der Waals surface area contributed by atoms with Gasteiger partial charge in [0.1, 0.15) is 0 Å². The number of anilines is 3. The highest BCUT2D eigenvalue weighted by Gasteiger charge is 2.11. The van der Waals surface area contributed by atoms with Gasteiger partial charge < -0.3 is 4.90 Å². The second-order valence-electron chi connectivity index (χ2n) is 5.57. The normalized spacial score (nSPS) is 10.5. The van der Waals surface area contributed by atoms with Gasteiger partial charge in [-0.3, -0.25) is 0 Å². The van der Waals surface area contributed by atoms with Gasteiger partial charge in [0.25, 0.3) is 0 Å². The van der Waals surface area contributed by atoms with Gasteiger partial charge in [-0.25, -0.2) is 0 Å². The lowest BCUT2D eigenvalue weighted by Crippen LogP contribution is -2.09. The molecule has 1 aromatic heterocycles. The summed E-state index contributed by atoms with van der Waals surface area (Å²) in [5.74, 6) is 0. The molecule has 0 aliphatic rings. The fourth-order valence-electron chi connectivity index (χ4n) is 2.83. The van der Waals surface area contributed by atoms with Gasteiger partial charge in [0.05, 0.1) is 0 Å². The third kappa shape index (κ3) is 2.97. The minimum atomic E-state index is 1.16. The van der Waals surface area contributed by atoms with Crippen LogP contribution in [0.2, 0.25) is 0 Å². The van der Waals surface area contributed by atoms with Crippen molar-refractivity contribution in [3.05, 3.63) is 102 Å². The molecule has 0 bridgehead atoms. The van der Waals surface area contributed by atoms with Crippen LogP contribution < -0.4 is 4.90 Å². The maximum Gasteiger partial charge on any atom is 0.0462 e. The van der Waals surface area contributed by atoms with E-state index in [0.717, 1.165) is 17.1 Å². The molecule has 0 atom stereocenters. The molecule has 0 saturated heterocycles. The predicted molar refractivity (Wildman–Crippen MR) is 104 cm³/mol. The molecule has 1 nitrogen and oxygen atoms in total. The number of benzene rings is 3. The van der Waals surface area contributed by atoms with Crippen LogP contribution in [0.5, 0.6) is 0 Å². The second kappa shape index (κ2) is 6.73. The summed E-state index contributed by atoms with van der Waals surface area (Å²) in [6.45, 7) is 0. The lowest BCUT2D eigenvalue weighted by Gasteiger charge is -2.25. The average molecular weight is 327 g/mol. The van der Waals surface area contributed by atoms with Crippen LogP contribution in [0, 0.1) is 0 Å². The first-order chi connectivity index (χ1) is 11.9. The summed E-state index contributed by atoms with van der Waals surface area (Å²) >= 11 is 1.73. The van der Waals surface area contributed by atoms with Crippen molar-refractivity contribution in [3.8, 4) is 11.1 Å². The molecule has 0 saturated carbocycles. The first-order valence-electron chi connectivity index (χ1n) is 7.95. The van der Waals surface area contributed by atoms with E-state index in [1.165, 1.54) is 11.1 Å². The van der Waals surface area contributed by atoms with Crippen LogP contribution in [0.25, 0.3) is 11.1 Å². The minimum absolute atomic E-state index is 1.16. The van der Waals surface area contributed by atoms with Crippen LogP contribution in [0.15, 0.2) is 102 Å². The van der Waals surface area contributed by atoms with E-state index in [0.29, 0.717) is 0 Å². The molecule has 0 unspecified atom stereocenters. The van der Waals surface area contributed by atoms with E-state index >= 15 is 0 Å². The van der Waals surface area contributed by atoms with Gasteiger partial charge in [-0.05, 0) is 64.4 Å². The summed E-state index contributed by atoms with van der Waals surface area (Å²) in [6.07, 6.45) is 0. The molecule has 1 heterocycles. The quantitative estimate of drug-likeness (QED) is 0.394. The molecule has 0 N–H and O–H groups in total. The highest BCUT2D eigenvalue weighted by Crippen LogP contribution is 2.35. The number of hydrogen-bond acceptors (Lipinski definition) is 2. The maximum absolute atomic E-state index is 2.28. The zero-order valence-electron chi connectivity index (χ0n) is 13.2. The molecular weight excluding hydrogens is 310 g/mol. The van der Waals surface area contributed by atoms with Crippen molar-refractivity contribution >= 4 is 28.4 Å². The number of para-hydroxylation sites is 2. The summed E-state index contributed by atoms with van der Waals surface area (Å²) in [4.78, 5) is 2.28. The van der Waals surface area contributed by atoms with E-state index < -0.39 is 0 Å². The lowest BCUT2D eigenvalue weighted by atomic mass is 10.1. The van der Waals surface area contributed by atoms with Crippen molar-refractivity contribution < 1.29 is 0 Å². The highest BCUT2D eigenvalue weighted by atomic mass is 32.1. The minimum Gasteiger partial charge on any atom is -0.311 e. The summed E-state index contributed by atoms with van der Waals surface area (Å²) in [5.41, 5.74) is 6.00. The van der Waals surface area contributed by atoms with Crippen molar-refractivity contribution in [3.63, 3.8) is 0 Å². The van der Waals surface area contributed by atoms with E-state index in [9.17, 15) is 0 Å². The number of thiophene rings is 1. The summed E-state index contributed by atoms with van der Waals surface area (Å²) in [7, 11) is 0. The Hall–Kier alpha value is -2.84. The Labute approximate surface area is 146 Å². The molecule has 2 heteroatoms.